The van der Waals surface area contributed by atoms with Gasteiger partial charge < -0.3 is 5.32 Å². The number of nitrogens with zero attached hydrogens (tertiary/aromatic N) is 1. The Hall–Kier alpha value is -0.900. The molecule has 0 spiro atoms. The van der Waals surface area contributed by atoms with Crippen LogP contribution in [0.1, 0.15) is 24.2 Å². The fourth-order valence-corrected chi connectivity index (χ4v) is 2.35. The first kappa shape index (κ1) is 14.5. The molecule has 1 aromatic carbocycles. The summed E-state index contributed by atoms with van der Waals surface area (Å²) in [6.45, 7) is 3.01. The van der Waals surface area contributed by atoms with Gasteiger partial charge in [-0.2, -0.15) is 0 Å². The zero-order valence-electron chi connectivity index (χ0n) is 10.7. The van der Waals surface area contributed by atoms with Crippen LogP contribution in [0.4, 0.5) is 0 Å². The number of pyridine rings is 1. The summed E-state index contributed by atoms with van der Waals surface area (Å²) in [6, 6.07) is 12.5. The van der Waals surface area contributed by atoms with Crippen LogP contribution in [0.2, 0.25) is 5.02 Å². The lowest BCUT2D eigenvalue weighted by molar-refractivity contribution is 0.537. The maximum absolute atomic E-state index is 5.88. The molecule has 0 fully saturated rings. The van der Waals surface area contributed by atoms with E-state index in [0.717, 1.165) is 23.1 Å². The van der Waals surface area contributed by atoms with Gasteiger partial charge >= 0.3 is 0 Å². The molecule has 0 saturated carbocycles. The maximum Gasteiger partial charge on any atom is 0.0589 e. The van der Waals surface area contributed by atoms with Gasteiger partial charge in [-0.1, -0.05) is 46.6 Å². The summed E-state index contributed by atoms with van der Waals surface area (Å²) >= 11 is 9.34. The molecule has 1 atom stereocenters. The first-order chi connectivity index (χ1) is 9.19. The van der Waals surface area contributed by atoms with Gasteiger partial charge in [0.05, 0.1) is 16.8 Å². The number of hydrogen-bond acceptors (Lipinski definition) is 2. The van der Waals surface area contributed by atoms with Crippen molar-refractivity contribution >= 4 is 27.5 Å². The third-order valence-corrected chi connectivity index (χ3v) is 3.66. The van der Waals surface area contributed by atoms with E-state index >= 15 is 0 Å². The Kier molecular flexibility index (Phi) is 5.37. The molecular formula is C15H16BrClN2. The van der Waals surface area contributed by atoms with Gasteiger partial charge in [0.25, 0.3) is 0 Å². The third-order valence-electron chi connectivity index (χ3n) is 2.91. The number of halogens is 2. The number of aromatic nitrogens is 1. The van der Waals surface area contributed by atoms with E-state index in [2.05, 4.69) is 57.4 Å². The molecule has 2 rings (SSSR count). The molecular weight excluding hydrogens is 324 g/mol. The van der Waals surface area contributed by atoms with Crippen molar-refractivity contribution < 1.29 is 0 Å². The van der Waals surface area contributed by atoms with E-state index in [-0.39, 0.29) is 6.04 Å². The van der Waals surface area contributed by atoms with Gasteiger partial charge in [-0.05, 0) is 42.8 Å². The Labute approximate surface area is 127 Å². The number of nitrogens with one attached hydrogen (secondary N) is 1. The minimum absolute atomic E-state index is 0.212. The van der Waals surface area contributed by atoms with Crippen LogP contribution in [0, 0.1) is 0 Å². The molecule has 0 aliphatic rings. The number of likely N-dealkylation sites (N-methyl/N-ethyl adjacent to an activating group) is 1. The summed E-state index contributed by atoms with van der Waals surface area (Å²) < 4.78 is 1.10. The second kappa shape index (κ2) is 7.04. The van der Waals surface area contributed by atoms with Crippen LogP contribution in [0.3, 0.4) is 0 Å². The second-order valence-electron chi connectivity index (χ2n) is 4.34. The Morgan fingerprint density at radius 1 is 1.21 bits per heavy atom. The molecule has 0 saturated heterocycles. The highest BCUT2D eigenvalue weighted by molar-refractivity contribution is 9.10. The first-order valence-corrected chi connectivity index (χ1v) is 7.45. The van der Waals surface area contributed by atoms with E-state index in [9.17, 15) is 0 Å². The molecule has 19 heavy (non-hydrogen) atoms. The number of hydrogen-bond donors (Lipinski definition) is 1. The maximum atomic E-state index is 5.88. The molecule has 0 aliphatic heterocycles. The molecule has 100 valence electrons. The fourth-order valence-electron chi connectivity index (χ4n) is 1.98. The van der Waals surface area contributed by atoms with Gasteiger partial charge in [0.2, 0.25) is 0 Å². The minimum atomic E-state index is 0.212. The molecule has 0 amide bonds. The van der Waals surface area contributed by atoms with Crippen molar-refractivity contribution in [3.63, 3.8) is 0 Å². The van der Waals surface area contributed by atoms with Crippen LogP contribution in [0.5, 0.6) is 0 Å². The van der Waals surface area contributed by atoms with Crippen LogP contribution in [0.15, 0.2) is 47.1 Å². The van der Waals surface area contributed by atoms with Crippen molar-refractivity contribution in [1.29, 1.82) is 0 Å². The second-order valence-corrected chi connectivity index (χ2v) is 5.69. The monoisotopic (exact) mass is 338 g/mol. The average molecular weight is 340 g/mol. The van der Waals surface area contributed by atoms with Gasteiger partial charge in [-0.15, -0.1) is 0 Å². The van der Waals surface area contributed by atoms with Crippen molar-refractivity contribution in [1.82, 2.24) is 10.3 Å². The lowest BCUT2D eigenvalue weighted by Crippen LogP contribution is -2.23. The molecule has 1 N–H and O–H groups in total. The van der Waals surface area contributed by atoms with Crippen molar-refractivity contribution in [3.8, 4) is 0 Å². The quantitative estimate of drug-likeness (QED) is 0.874. The summed E-state index contributed by atoms with van der Waals surface area (Å²) in [5.41, 5.74) is 2.31. The Bertz CT molecular complexity index is 511. The topological polar surface area (TPSA) is 24.9 Å². The van der Waals surface area contributed by atoms with Gasteiger partial charge in [0.1, 0.15) is 0 Å². The van der Waals surface area contributed by atoms with E-state index in [1.54, 1.807) is 6.20 Å². The molecule has 1 unspecified atom stereocenters. The Morgan fingerprint density at radius 2 is 1.95 bits per heavy atom. The van der Waals surface area contributed by atoms with Crippen molar-refractivity contribution in [2.45, 2.75) is 19.4 Å². The number of rotatable bonds is 5. The molecule has 2 nitrogen and oxygen atoms in total. The zero-order valence-corrected chi connectivity index (χ0v) is 13.1. The third kappa shape index (κ3) is 4.30. The van der Waals surface area contributed by atoms with Crippen molar-refractivity contribution in [3.05, 3.63) is 63.3 Å². The summed E-state index contributed by atoms with van der Waals surface area (Å²) in [7, 11) is 0. The lowest BCUT2D eigenvalue weighted by atomic mass is 10.0. The minimum Gasteiger partial charge on any atom is -0.309 e. The van der Waals surface area contributed by atoms with Gasteiger partial charge in [-0.25, -0.2) is 0 Å². The summed E-state index contributed by atoms with van der Waals surface area (Å²) in [6.07, 6.45) is 2.61. The van der Waals surface area contributed by atoms with Gasteiger partial charge in [0.15, 0.2) is 0 Å². The summed E-state index contributed by atoms with van der Waals surface area (Å²) in [5.74, 6) is 0. The van der Waals surface area contributed by atoms with E-state index in [1.807, 2.05) is 12.1 Å². The van der Waals surface area contributed by atoms with Crippen molar-refractivity contribution in [2.75, 3.05) is 6.54 Å². The fraction of sp³-hybridized carbons (Fsp3) is 0.267. The Morgan fingerprint density at radius 3 is 2.53 bits per heavy atom. The SMILES string of the molecule is CCNC(Cc1ccc(Br)cc1)c1ccc(Cl)cn1. The van der Waals surface area contributed by atoms with E-state index in [0.29, 0.717) is 5.02 Å². The van der Waals surface area contributed by atoms with Crippen LogP contribution in [-0.4, -0.2) is 11.5 Å². The van der Waals surface area contributed by atoms with Crippen LogP contribution in [-0.2, 0) is 6.42 Å². The molecule has 1 heterocycles. The van der Waals surface area contributed by atoms with E-state index < -0.39 is 0 Å². The standard InChI is InChI=1S/C15H16BrClN2/c1-2-18-15(14-8-7-13(17)10-19-14)9-11-3-5-12(16)6-4-11/h3-8,10,15,18H,2,9H2,1H3. The summed E-state index contributed by atoms with van der Waals surface area (Å²) in [4.78, 5) is 4.41. The first-order valence-electron chi connectivity index (χ1n) is 6.28. The molecule has 1 aromatic heterocycles. The smallest absolute Gasteiger partial charge is 0.0589 e. The lowest BCUT2D eigenvalue weighted by Gasteiger charge is -2.17. The predicted octanol–water partition coefficient (Wildman–Crippen LogP) is 4.39. The molecule has 2 aromatic rings. The highest BCUT2D eigenvalue weighted by Crippen LogP contribution is 2.19. The highest BCUT2D eigenvalue weighted by atomic mass is 79.9. The molecule has 0 aliphatic carbocycles. The van der Waals surface area contributed by atoms with E-state index in [1.165, 1.54) is 5.56 Å². The average Bonchev–Trinajstić information content (AvgIpc) is 2.42. The van der Waals surface area contributed by atoms with Crippen LogP contribution < -0.4 is 5.32 Å². The van der Waals surface area contributed by atoms with Gasteiger partial charge in [0, 0.05) is 10.7 Å². The number of benzene rings is 1. The van der Waals surface area contributed by atoms with Crippen LogP contribution >= 0.6 is 27.5 Å². The zero-order chi connectivity index (χ0) is 13.7. The Balaban J connectivity index is 2.15. The summed E-state index contributed by atoms with van der Waals surface area (Å²) in [5, 5.41) is 4.13. The normalized spacial score (nSPS) is 12.4. The van der Waals surface area contributed by atoms with Crippen molar-refractivity contribution in [2.24, 2.45) is 0 Å². The highest BCUT2D eigenvalue weighted by Gasteiger charge is 2.12. The van der Waals surface area contributed by atoms with E-state index in [4.69, 9.17) is 11.6 Å². The predicted molar refractivity (Wildman–Crippen MR) is 83.5 cm³/mol. The molecule has 4 heteroatoms. The van der Waals surface area contributed by atoms with Crippen LogP contribution in [0.25, 0.3) is 0 Å². The largest absolute Gasteiger partial charge is 0.309 e. The molecule has 0 radical (unpaired) electrons. The van der Waals surface area contributed by atoms with Gasteiger partial charge in [-0.3, -0.25) is 4.98 Å². The molecule has 0 bridgehead atoms.